The molecule has 1 aliphatic rings. The molecule has 0 fully saturated rings. The van der Waals surface area contributed by atoms with Gasteiger partial charge in [0.25, 0.3) is 0 Å². The van der Waals surface area contributed by atoms with Crippen LogP contribution in [-0.2, 0) is 0 Å². The van der Waals surface area contributed by atoms with Gasteiger partial charge in [-0.05, 0) is 35.7 Å². The number of nitriles is 1. The third kappa shape index (κ3) is 5.27. The van der Waals surface area contributed by atoms with Gasteiger partial charge in [0.1, 0.15) is 6.07 Å². The van der Waals surface area contributed by atoms with E-state index < -0.39 is 0 Å². The minimum absolute atomic E-state index is 0.0119. The fourth-order valence-electron chi connectivity index (χ4n) is 4.36. The number of rotatable bonds is 9. The van der Waals surface area contributed by atoms with E-state index in [-0.39, 0.29) is 18.7 Å². The van der Waals surface area contributed by atoms with Crippen molar-refractivity contribution >= 4 is 33.9 Å². The number of nitrogens with one attached hydrogen (secondary N) is 5. The molecule has 2 aromatic carbocycles. The Morgan fingerprint density at radius 1 is 1.05 bits per heavy atom. The zero-order valence-electron chi connectivity index (χ0n) is 19.7. The van der Waals surface area contributed by atoms with Crippen LogP contribution in [0.1, 0.15) is 35.2 Å². The summed E-state index contributed by atoms with van der Waals surface area (Å²) in [5.74, 6) is 0. The van der Waals surface area contributed by atoms with Crippen LogP contribution in [-0.4, -0.2) is 21.7 Å². The molecule has 186 valence electrons. The molecule has 0 amide bonds. The van der Waals surface area contributed by atoms with Crippen molar-refractivity contribution in [3.63, 3.8) is 0 Å². The Hall–Kier alpha value is -4.36. The number of aromatic nitrogens is 2. The molecular weight excluding hydrogens is 488 g/mol. The highest BCUT2D eigenvalue weighted by atomic mass is 35.5. The van der Waals surface area contributed by atoms with Gasteiger partial charge in [-0.25, -0.2) is 0 Å². The van der Waals surface area contributed by atoms with Crippen LogP contribution in [0.4, 0.5) is 11.4 Å². The monoisotopic (exact) mass is 512 g/mol. The SMILES string of the molecule is N#Cc1cnc2c(Cl)cc(N[C@H](C3=CNNN3)c3cccnc3)cc2c1NC(CCO)c1ccccc1. The summed E-state index contributed by atoms with van der Waals surface area (Å²) in [6, 6.07) is 19.2. The van der Waals surface area contributed by atoms with Crippen molar-refractivity contribution in [3.8, 4) is 6.07 Å². The number of fused-ring (bicyclic) bond motifs is 1. The fourth-order valence-corrected chi connectivity index (χ4v) is 4.63. The first-order chi connectivity index (χ1) is 18.2. The normalized spacial score (nSPS) is 14.1. The number of hydrazine groups is 2. The highest BCUT2D eigenvalue weighted by molar-refractivity contribution is 6.35. The first-order valence-corrected chi connectivity index (χ1v) is 12.1. The quantitative estimate of drug-likeness (QED) is 0.194. The van der Waals surface area contributed by atoms with E-state index in [2.05, 4.69) is 43.1 Å². The smallest absolute Gasteiger partial charge is 0.103 e. The van der Waals surface area contributed by atoms with Crippen LogP contribution in [0.3, 0.4) is 0 Å². The molecule has 0 aliphatic carbocycles. The molecule has 0 saturated heterocycles. The second-order valence-corrected chi connectivity index (χ2v) is 8.90. The van der Waals surface area contributed by atoms with E-state index in [4.69, 9.17) is 11.6 Å². The molecule has 0 saturated carbocycles. The van der Waals surface area contributed by atoms with Gasteiger partial charge in [-0.2, -0.15) is 10.8 Å². The molecule has 2 atom stereocenters. The molecular formula is C27H25ClN8O. The van der Waals surface area contributed by atoms with E-state index in [1.807, 2.05) is 60.8 Å². The first-order valence-electron chi connectivity index (χ1n) is 11.8. The van der Waals surface area contributed by atoms with Crippen molar-refractivity contribution in [2.75, 3.05) is 17.2 Å². The summed E-state index contributed by atoms with van der Waals surface area (Å²) in [7, 11) is 0. The van der Waals surface area contributed by atoms with E-state index in [1.165, 1.54) is 6.20 Å². The van der Waals surface area contributed by atoms with Gasteiger partial charge in [0, 0.05) is 42.5 Å². The number of aliphatic hydroxyl groups is 1. The number of hydrogen-bond donors (Lipinski definition) is 6. The van der Waals surface area contributed by atoms with Gasteiger partial charge in [-0.1, -0.05) is 48.0 Å². The van der Waals surface area contributed by atoms with Crippen molar-refractivity contribution < 1.29 is 5.11 Å². The predicted molar refractivity (Wildman–Crippen MR) is 144 cm³/mol. The van der Waals surface area contributed by atoms with E-state index in [0.717, 1.165) is 22.5 Å². The number of pyridine rings is 2. The zero-order chi connectivity index (χ0) is 25.6. The maximum atomic E-state index is 9.90. The van der Waals surface area contributed by atoms with Gasteiger partial charge < -0.3 is 26.6 Å². The Labute approximate surface area is 219 Å². The summed E-state index contributed by atoms with van der Waals surface area (Å²) >= 11 is 6.71. The van der Waals surface area contributed by atoms with Crippen molar-refractivity contribution in [2.24, 2.45) is 0 Å². The lowest BCUT2D eigenvalue weighted by Crippen LogP contribution is -2.33. The summed E-state index contributed by atoms with van der Waals surface area (Å²) in [4.78, 5) is 8.73. The number of nitrogens with zero attached hydrogens (tertiary/aromatic N) is 3. The van der Waals surface area contributed by atoms with E-state index in [1.54, 1.807) is 12.4 Å². The van der Waals surface area contributed by atoms with Crippen LogP contribution in [0, 0.1) is 11.3 Å². The standard InChI is InChI=1S/C27H25ClN8O/c28-22-12-20(33-26(24-16-32-36-35-24)18-7-4-9-30-14-18)11-21-25(19(13-29)15-31-27(21)22)34-23(8-10-37)17-5-2-1-3-6-17/h1-7,9,11-12,14-16,23,26,32-33,35-37H,8,10H2,(H,31,34)/t23?,26-/m0/s1. The predicted octanol–water partition coefficient (Wildman–Crippen LogP) is 4.30. The second-order valence-electron chi connectivity index (χ2n) is 8.49. The number of hydrogen-bond acceptors (Lipinski definition) is 9. The molecule has 1 unspecified atom stereocenters. The average molecular weight is 513 g/mol. The van der Waals surface area contributed by atoms with Gasteiger partial charge >= 0.3 is 0 Å². The molecule has 3 heterocycles. The minimum atomic E-state index is -0.264. The molecule has 10 heteroatoms. The minimum Gasteiger partial charge on any atom is -0.396 e. The van der Waals surface area contributed by atoms with Crippen LogP contribution in [0.2, 0.25) is 5.02 Å². The molecule has 5 rings (SSSR count). The van der Waals surface area contributed by atoms with Crippen molar-refractivity contribution in [1.82, 2.24) is 26.4 Å². The summed E-state index contributed by atoms with van der Waals surface area (Å²) < 4.78 is 0. The number of halogens is 1. The molecule has 0 spiro atoms. The Kier molecular flexibility index (Phi) is 7.33. The zero-order valence-corrected chi connectivity index (χ0v) is 20.5. The Balaban J connectivity index is 1.58. The molecule has 6 N–H and O–H groups in total. The lowest BCUT2D eigenvalue weighted by Gasteiger charge is -2.24. The Morgan fingerprint density at radius 3 is 2.59 bits per heavy atom. The molecule has 4 aromatic rings. The fraction of sp³-hybridized carbons (Fsp3) is 0.148. The number of aliphatic hydroxyl groups excluding tert-OH is 1. The lowest BCUT2D eigenvalue weighted by molar-refractivity contribution is 0.280. The number of anilines is 2. The maximum absolute atomic E-state index is 9.90. The van der Waals surface area contributed by atoms with Crippen molar-refractivity contribution in [2.45, 2.75) is 18.5 Å². The first kappa shape index (κ1) is 24.3. The topological polar surface area (TPSA) is 130 Å². The van der Waals surface area contributed by atoms with Gasteiger partial charge in [-0.3, -0.25) is 9.97 Å². The Bertz CT molecular complexity index is 1460. The van der Waals surface area contributed by atoms with E-state index >= 15 is 0 Å². The van der Waals surface area contributed by atoms with Crippen LogP contribution in [0.5, 0.6) is 0 Å². The van der Waals surface area contributed by atoms with Gasteiger partial charge in [-0.15, -0.1) is 0 Å². The summed E-state index contributed by atoms with van der Waals surface area (Å²) in [5.41, 5.74) is 14.0. The summed E-state index contributed by atoms with van der Waals surface area (Å²) in [5, 5.41) is 27.8. The highest BCUT2D eigenvalue weighted by Crippen LogP contribution is 2.37. The maximum Gasteiger partial charge on any atom is 0.103 e. The van der Waals surface area contributed by atoms with Gasteiger partial charge in [0.05, 0.1) is 39.6 Å². The van der Waals surface area contributed by atoms with Crippen molar-refractivity contribution in [3.05, 3.63) is 107 Å². The Morgan fingerprint density at radius 2 is 1.89 bits per heavy atom. The van der Waals surface area contributed by atoms with E-state index in [0.29, 0.717) is 33.6 Å². The average Bonchev–Trinajstić information content (AvgIpc) is 3.47. The highest BCUT2D eigenvalue weighted by Gasteiger charge is 2.22. The summed E-state index contributed by atoms with van der Waals surface area (Å²) in [6.45, 7) is -0.0119. The molecule has 37 heavy (non-hydrogen) atoms. The van der Waals surface area contributed by atoms with E-state index in [9.17, 15) is 10.4 Å². The number of benzene rings is 2. The largest absolute Gasteiger partial charge is 0.396 e. The lowest BCUT2D eigenvalue weighted by atomic mass is 10.0. The third-order valence-electron chi connectivity index (χ3n) is 6.13. The molecule has 0 radical (unpaired) electrons. The second kappa shape index (κ2) is 11.1. The molecule has 9 nitrogen and oxygen atoms in total. The summed E-state index contributed by atoms with van der Waals surface area (Å²) in [6.07, 6.45) is 7.34. The molecule has 2 aromatic heterocycles. The van der Waals surface area contributed by atoms with Gasteiger partial charge in [0.2, 0.25) is 0 Å². The third-order valence-corrected chi connectivity index (χ3v) is 6.42. The van der Waals surface area contributed by atoms with Crippen LogP contribution in [0.25, 0.3) is 10.9 Å². The van der Waals surface area contributed by atoms with Crippen LogP contribution < -0.4 is 27.0 Å². The van der Waals surface area contributed by atoms with Crippen LogP contribution >= 0.6 is 11.6 Å². The molecule has 1 aliphatic heterocycles. The van der Waals surface area contributed by atoms with Gasteiger partial charge in [0.15, 0.2) is 0 Å². The van der Waals surface area contributed by atoms with Crippen molar-refractivity contribution in [1.29, 1.82) is 5.26 Å². The van der Waals surface area contributed by atoms with Crippen LogP contribution in [0.15, 0.2) is 85.1 Å². The molecule has 0 bridgehead atoms.